The van der Waals surface area contributed by atoms with Gasteiger partial charge in [-0.05, 0) is 54.1 Å². The highest BCUT2D eigenvalue weighted by molar-refractivity contribution is 8.33. The van der Waals surface area contributed by atoms with Crippen LogP contribution >= 0.6 is 10.0 Å². The van der Waals surface area contributed by atoms with E-state index in [1.165, 1.54) is 37.2 Å². The monoisotopic (exact) mass is 248 g/mol. The first-order chi connectivity index (χ1) is 8.24. The van der Waals surface area contributed by atoms with Crippen molar-refractivity contribution in [2.24, 2.45) is 5.92 Å². The van der Waals surface area contributed by atoms with Crippen LogP contribution in [0.2, 0.25) is 0 Å². The van der Waals surface area contributed by atoms with Crippen molar-refractivity contribution in [3.05, 3.63) is 35.4 Å². The van der Waals surface area contributed by atoms with E-state index in [1.807, 2.05) is 0 Å². The molecule has 1 heterocycles. The molecular formula is C16H24S. The van der Waals surface area contributed by atoms with E-state index in [1.54, 1.807) is 11.1 Å². The Morgan fingerprint density at radius 2 is 2.12 bits per heavy atom. The second-order valence-electron chi connectivity index (χ2n) is 5.98. The van der Waals surface area contributed by atoms with Crippen LogP contribution in [0.1, 0.15) is 42.6 Å². The average Bonchev–Trinajstić information content (AvgIpc) is 2.86. The van der Waals surface area contributed by atoms with Gasteiger partial charge in [-0.15, -0.1) is 0 Å². The van der Waals surface area contributed by atoms with Crippen LogP contribution in [0.15, 0.2) is 24.3 Å². The van der Waals surface area contributed by atoms with Crippen molar-refractivity contribution in [2.75, 3.05) is 17.8 Å². The van der Waals surface area contributed by atoms with E-state index in [-0.39, 0.29) is 10.0 Å². The smallest absolute Gasteiger partial charge is 0.0172 e. The van der Waals surface area contributed by atoms with Crippen LogP contribution in [-0.2, 0) is 6.42 Å². The van der Waals surface area contributed by atoms with E-state index in [0.29, 0.717) is 0 Å². The summed E-state index contributed by atoms with van der Waals surface area (Å²) in [5, 5.41) is 0.949. The zero-order chi connectivity index (χ0) is 11.9. The molecule has 1 aromatic carbocycles. The lowest BCUT2D eigenvalue weighted by Crippen LogP contribution is -2.11. The first-order valence-electron chi connectivity index (χ1n) is 7.05. The molecule has 1 heteroatoms. The van der Waals surface area contributed by atoms with Gasteiger partial charge in [0.25, 0.3) is 0 Å². The second-order valence-corrected chi connectivity index (χ2v) is 10.0. The lowest BCUT2D eigenvalue weighted by Gasteiger charge is -2.38. The molecule has 2 aliphatic rings. The maximum absolute atomic E-state index is 2.63. The summed E-state index contributed by atoms with van der Waals surface area (Å²) in [6, 6.07) is 9.26. The van der Waals surface area contributed by atoms with Crippen LogP contribution in [0, 0.1) is 5.92 Å². The fourth-order valence-corrected chi connectivity index (χ4v) is 8.42. The minimum atomic E-state index is -0.357. The molecule has 17 heavy (non-hydrogen) atoms. The van der Waals surface area contributed by atoms with Gasteiger partial charge in [-0.3, -0.25) is 0 Å². The molecule has 0 amide bonds. The molecule has 0 radical (unpaired) electrons. The molecule has 1 saturated heterocycles. The SMILES string of the molecule is CCCCS1(C)CCC2Cc3ccccc3C21. The Bertz CT molecular complexity index is 412. The maximum atomic E-state index is 2.63. The fourth-order valence-electron chi connectivity index (χ4n) is 3.92. The zero-order valence-electron chi connectivity index (χ0n) is 11.1. The van der Waals surface area contributed by atoms with Crippen LogP contribution < -0.4 is 0 Å². The lowest BCUT2D eigenvalue weighted by atomic mass is 10.0. The first-order valence-corrected chi connectivity index (χ1v) is 9.49. The van der Waals surface area contributed by atoms with E-state index in [4.69, 9.17) is 0 Å². The summed E-state index contributed by atoms with van der Waals surface area (Å²) < 4.78 is 0. The Balaban J connectivity index is 1.91. The van der Waals surface area contributed by atoms with E-state index < -0.39 is 0 Å². The number of fused-ring (bicyclic) bond motifs is 3. The predicted molar refractivity (Wildman–Crippen MR) is 79.2 cm³/mol. The third-order valence-corrected chi connectivity index (χ3v) is 9.06. The van der Waals surface area contributed by atoms with Crippen molar-refractivity contribution in [3.63, 3.8) is 0 Å². The molecule has 1 aliphatic carbocycles. The number of rotatable bonds is 3. The Labute approximate surface area is 107 Å². The van der Waals surface area contributed by atoms with E-state index in [0.717, 1.165) is 11.2 Å². The fraction of sp³-hybridized carbons (Fsp3) is 0.625. The van der Waals surface area contributed by atoms with Crippen molar-refractivity contribution in [3.8, 4) is 0 Å². The average molecular weight is 248 g/mol. The van der Waals surface area contributed by atoms with Gasteiger partial charge in [0.2, 0.25) is 0 Å². The third kappa shape index (κ3) is 1.83. The van der Waals surface area contributed by atoms with E-state index in [9.17, 15) is 0 Å². The summed E-state index contributed by atoms with van der Waals surface area (Å²) in [7, 11) is -0.357. The normalized spacial score (nSPS) is 38.5. The highest BCUT2D eigenvalue weighted by Gasteiger charge is 2.45. The molecular weight excluding hydrogens is 224 g/mol. The molecule has 0 nitrogen and oxygen atoms in total. The first kappa shape index (κ1) is 11.6. The number of benzene rings is 1. The summed E-state index contributed by atoms with van der Waals surface area (Å²) in [5.74, 6) is 4.04. The molecule has 0 saturated carbocycles. The van der Waals surface area contributed by atoms with Gasteiger partial charge in [0, 0.05) is 5.25 Å². The lowest BCUT2D eigenvalue weighted by molar-refractivity contribution is 0.561. The number of hydrogen-bond donors (Lipinski definition) is 0. The van der Waals surface area contributed by atoms with Crippen molar-refractivity contribution in [1.82, 2.24) is 0 Å². The minimum absolute atomic E-state index is 0.357. The molecule has 1 aliphatic heterocycles. The van der Waals surface area contributed by atoms with Gasteiger partial charge >= 0.3 is 0 Å². The standard InChI is InChI=1S/C16H24S/c1-3-4-10-17(2)11-9-14-12-13-7-5-6-8-15(13)16(14)17/h5-8,14,16H,3-4,9-12H2,1-2H3. The molecule has 3 unspecified atom stereocenters. The van der Waals surface area contributed by atoms with Gasteiger partial charge in [0.05, 0.1) is 0 Å². The highest BCUT2D eigenvalue weighted by Crippen LogP contribution is 2.70. The van der Waals surface area contributed by atoms with Gasteiger partial charge in [-0.1, -0.05) is 37.6 Å². The summed E-state index contributed by atoms with van der Waals surface area (Å²) in [6.07, 6.45) is 8.30. The second kappa shape index (κ2) is 4.35. The molecule has 0 aromatic heterocycles. The topological polar surface area (TPSA) is 0 Å². The van der Waals surface area contributed by atoms with Crippen molar-refractivity contribution >= 4 is 10.0 Å². The van der Waals surface area contributed by atoms with Gasteiger partial charge < -0.3 is 0 Å². The molecule has 0 spiro atoms. The van der Waals surface area contributed by atoms with Crippen molar-refractivity contribution in [1.29, 1.82) is 0 Å². The molecule has 1 fully saturated rings. The molecule has 0 bridgehead atoms. The van der Waals surface area contributed by atoms with Gasteiger partial charge in [0.15, 0.2) is 0 Å². The Hall–Kier alpha value is -0.430. The Kier molecular flexibility index (Phi) is 2.98. The molecule has 3 rings (SSSR count). The number of hydrogen-bond acceptors (Lipinski definition) is 0. The summed E-state index contributed by atoms with van der Waals surface area (Å²) in [5.41, 5.74) is 3.39. The van der Waals surface area contributed by atoms with Crippen LogP contribution in [-0.4, -0.2) is 17.8 Å². The quantitative estimate of drug-likeness (QED) is 0.737. The van der Waals surface area contributed by atoms with Gasteiger partial charge in [-0.25, -0.2) is 10.0 Å². The van der Waals surface area contributed by atoms with E-state index >= 15 is 0 Å². The highest BCUT2D eigenvalue weighted by atomic mass is 32.3. The third-order valence-electron chi connectivity index (χ3n) is 4.80. The van der Waals surface area contributed by atoms with Crippen LogP contribution in [0.5, 0.6) is 0 Å². The van der Waals surface area contributed by atoms with Gasteiger partial charge in [0.1, 0.15) is 0 Å². The van der Waals surface area contributed by atoms with E-state index in [2.05, 4.69) is 37.4 Å². The van der Waals surface area contributed by atoms with Crippen molar-refractivity contribution in [2.45, 2.75) is 37.9 Å². The summed E-state index contributed by atoms with van der Waals surface area (Å²) in [6.45, 7) is 2.33. The Morgan fingerprint density at radius 3 is 2.94 bits per heavy atom. The molecule has 0 N–H and O–H groups in total. The predicted octanol–water partition coefficient (Wildman–Crippen LogP) is 4.54. The largest absolute Gasteiger partial charge is 0.237 e. The molecule has 1 aromatic rings. The van der Waals surface area contributed by atoms with Crippen molar-refractivity contribution < 1.29 is 0 Å². The number of unbranched alkanes of at least 4 members (excludes halogenated alkanes) is 1. The van der Waals surface area contributed by atoms with Crippen LogP contribution in [0.4, 0.5) is 0 Å². The zero-order valence-corrected chi connectivity index (χ0v) is 11.9. The molecule has 3 atom stereocenters. The summed E-state index contributed by atoms with van der Waals surface area (Å²) in [4.78, 5) is 0. The van der Waals surface area contributed by atoms with Crippen LogP contribution in [0.3, 0.4) is 0 Å². The Morgan fingerprint density at radius 1 is 1.29 bits per heavy atom. The maximum Gasteiger partial charge on any atom is 0.0172 e. The van der Waals surface area contributed by atoms with Gasteiger partial charge in [-0.2, -0.15) is 0 Å². The van der Waals surface area contributed by atoms with Crippen LogP contribution in [0.25, 0.3) is 0 Å². The molecule has 94 valence electrons. The summed E-state index contributed by atoms with van der Waals surface area (Å²) >= 11 is 0. The minimum Gasteiger partial charge on any atom is -0.237 e.